The zero-order valence-electron chi connectivity index (χ0n) is 8.60. The Balaban J connectivity index is -0.0000000817. The summed E-state index contributed by atoms with van der Waals surface area (Å²) >= 11 is 0. The van der Waals surface area contributed by atoms with E-state index in [1.165, 1.54) is 0 Å². The van der Waals surface area contributed by atoms with E-state index in [1.54, 1.807) is 27.7 Å². The summed E-state index contributed by atoms with van der Waals surface area (Å²) in [5.41, 5.74) is -2.01. The van der Waals surface area contributed by atoms with Gasteiger partial charge in [0.2, 0.25) is 0 Å². The minimum absolute atomic E-state index is 0. The summed E-state index contributed by atoms with van der Waals surface area (Å²) in [7, 11) is 0. The fourth-order valence-corrected chi connectivity index (χ4v) is 0. The van der Waals surface area contributed by atoms with Crippen molar-refractivity contribution in [3.63, 3.8) is 0 Å². The van der Waals surface area contributed by atoms with Crippen LogP contribution >= 0.6 is 0 Å². The van der Waals surface area contributed by atoms with Crippen molar-refractivity contribution in [3.05, 3.63) is 0 Å². The van der Waals surface area contributed by atoms with Crippen molar-refractivity contribution in [1.29, 1.82) is 0 Å². The zero-order chi connectivity index (χ0) is 7.00. The van der Waals surface area contributed by atoms with Crippen LogP contribution in [0.15, 0.2) is 0 Å². The average Bonchev–Trinajstić information content (AvgIpc) is 1.25. The van der Waals surface area contributed by atoms with Crippen molar-refractivity contribution in [1.82, 2.24) is 0 Å². The van der Waals surface area contributed by atoms with Crippen LogP contribution in [0.4, 0.5) is 0 Å². The Morgan fingerprint density at radius 2 is 1.00 bits per heavy atom. The van der Waals surface area contributed by atoms with Crippen molar-refractivity contribution in [2.45, 2.75) is 38.9 Å². The molecule has 0 unspecified atom stereocenters. The van der Waals surface area contributed by atoms with Crippen molar-refractivity contribution in [2.75, 3.05) is 0 Å². The van der Waals surface area contributed by atoms with Gasteiger partial charge in [0.05, 0.1) is 11.2 Å². The molecule has 0 heterocycles. The molecule has 0 rings (SSSR count). The number of hydrogen-bond donors (Lipinski definition) is 2. The molecule has 0 bridgehead atoms. The first-order valence-corrected chi connectivity index (χ1v) is 2.70. The van der Waals surface area contributed by atoms with E-state index < -0.39 is 11.2 Å². The molecular formula is C6H16CaO2. The summed E-state index contributed by atoms with van der Waals surface area (Å²) in [4.78, 5) is 0. The number of aliphatic hydroxyl groups is 2. The quantitative estimate of drug-likeness (QED) is 0.544. The second-order valence-corrected chi connectivity index (χ2v) is 3.12. The van der Waals surface area contributed by atoms with E-state index in [0.717, 1.165) is 0 Å². The summed E-state index contributed by atoms with van der Waals surface area (Å²) in [6.07, 6.45) is 0. The van der Waals surface area contributed by atoms with Gasteiger partial charge in [-0.1, -0.05) is 0 Å². The van der Waals surface area contributed by atoms with Gasteiger partial charge in [0.25, 0.3) is 0 Å². The molecule has 0 saturated heterocycles. The summed E-state index contributed by atoms with van der Waals surface area (Å²) in [6.45, 7) is 6.31. The van der Waals surface area contributed by atoms with Gasteiger partial charge in [0, 0.05) is 0 Å². The summed E-state index contributed by atoms with van der Waals surface area (Å²) in [5, 5.41) is 18.2. The van der Waals surface area contributed by atoms with Crippen LogP contribution in [-0.4, -0.2) is 59.2 Å². The van der Waals surface area contributed by atoms with Crippen LogP contribution in [0.3, 0.4) is 0 Å². The molecular weight excluding hydrogens is 144 g/mol. The third kappa shape index (κ3) is 4.57. The van der Waals surface area contributed by atoms with Crippen LogP contribution in [0, 0.1) is 0 Å². The van der Waals surface area contributed by atoms with Gasteiger partial charge in [-0.3, -0.25) is 0 Å². The molecule has 0 radical (unpaired) electrons. The molecule has 0 aliphatic rings. The molecule has 2 N–H and O–H groups in total. The molecule has 0 spiro atoms. The molecule has 0 aromatic heterocycles. The average molecular weight is 160 g/mol. The van der Waals surface area contributed by atoms with Crippen LogP contribution in [0.25, 0.3) is 0 Å². The third-order valence-electron chi connectivity index (χ3n) is 1.50. The minimum atomic E-state index is -1.01. The molecule has 0 saturated carbocycles. The molecule has 2 nitrogen and oxygen atoms in total. The molecule has 0 amide bonds. The van der Waals surface area contributed by atoms with Gasteiger partial charge in [-0.25, -0.2) is 0 Å². The van der Waals surface area contributed by atoms with Gasteiger partial charge >= 0.3 is 37.7 Å². The Kier molecular flexibility index (Phi) is 5.04. The van der Waals surface area contributed by atoms with Gasteiger partial charge in [-0.15, -0.1) is 0 Å². The monoisotopic (exact) mass is 160 g/mol. The fourth-order valence-electron chi connectivity index (χ4n) is 0. The van der Waals surface area contributed by atoms with E-state index in [2.05, 4.69) is 0 Å². The molecule has 0 aliphatic heterocycles. The predicted molar refractivity (Wildman–Crippen MR) is 40.6 cm³/mol. The third-order valence-corrected chi connectivity index (χ3v) is 1.50. The molecule has 3 heteroatoms. The standard InChI is InChI=1S/C6H14O2.Ca.2H/c1-5(2,7)6(3,4)8;;;/h7-8H,1-4H3;;;/q;+2;2*-1. The van der Waals surface area contributed by atoms with Crippen LogP contribution in [-0.2, 0) is 0 Å². The molecule has 0 aromatic rings. The Morgan fingerprint density at radius 3 is 1.00 bits per heavy atom. The maximum atomic E-state index is 9.10. The van der Waals surface area contributed by atoms with Crippen LogP contribution in [0.1, 0.15) is 30.5 Å². The maximum Gasteiger partial charge on any atom is 2.00 e. The van der Waals surface area contributed by atoms with Crippen molar-refractivity contribution >= 4 is 37.7 Å². The largest absolute Gasteiger partial charge is 2.00 e. The fraction of sp³-hybridized carbons (Fsp3) is 1.00. The predicted octanol–water partition coefficient (Wildman–Crippen LogP) is 0.372. The SMILES string of the molecule is CC(C)(O)C(C)(C)O.[Ca+2].[H-].[H-]. The Morgan fingerprint density at radius 1 is 0.889 bits per heavy atom. The first kappa shape index (κ1) is 12.8. The zero-order valence-corrected chi connectivity index (χ0v) is 8.81. The van der Waals surface area contributed by atoms with E-state index in [0.29, 0.717) is 0 Å². The summed E-state index contributed by atoms with van der Waals surface area (Å²) in [5.74, 6) is 0. The van der Waals surface area contributed by atoms with Gasteiger partial charge in [0.1, 0.15) is 0 Å². The van der Waals surface area contributed by atoms with E-state index in [9.17, 15) is 0 Å². The number of hydrogen-bond acceptors (Lipinski definition) is 2. The summed E-state index contributed by atoms with van der Waals surface area (Å²) in [6, 6.07) is 0. The normalized spacial score (nSPS) is 12.7. The topological polar surface area (TPSA) is 40.5 Å². The van der Waals surface area contributed by atoms with Gasteiger partial charge in [0.15, 0.2) is 0 Å². The van der Waals surface area contributed by atoms with E-state index in [-0.39, 0.29) is 40.6 Å². The van der Waals surface area contributed by atoms with Crippen molar-refractivity contribution in [2.24, 2.45) is 0 Å². The summed E-state index contributed by atoms with van der Waals surface area (Å²) < 4.78 is 0. The minimum Gasteiger partial charge on any atom is -1.00 e. The van der Waals surface area contributed by atoms with Crippen molar-refractivity contribution < 1.29 is 13.1 Å². The molecule has 54 valence electrons. The van der Waals surface area contributed by atoms with Crippen LogP contribution in [0.2, 0.25) is 0 Å². The first-order valence-electron chi connectivity index (χ1n) is 2.70. The second-order valence-electron chi connectivity index (χ2n) is 3.12. The second kappa shape index (κ2) is 3.54. The van der Waals surface area contributed by atoms with Gasteiger partial charge in [-0.05, 0) is 27.7 Å². The van der Waals surface area contributed by atoms with Crippen LogP contribution in [0.5, 0.6) is 0 Å². The van der Waals surface area contributed by atoms with Crippen molar-refractivity contribution in [3.8, 4) is 0 Å². The number of rotatable bonds is 1. The smallest absolute Gasteiger partial charge is 1.00 e. The maximum absolute atomic E-state index is 9.10. The molecule has 0 aromatic carbocycles. The van der Waals surface area contributed by atoms with Crippen LogP contribution < -0.4 is 0 Å². The van der Waals surface area contributed by atoms with E-state index >= 15 is 0 Å². The van der Waals surface area contributed by atoms with Gasteiger partial charge in [-0.2, -0.15) is 0 Å². The molecule has 9 heavy (non-hydrogen) atoms. The Hall–Kier alpha value is 1.18. The Bertz CT molecular complexity index is 73.6. The Labute approximate surface area is 89.2 Å². The van der Waals surface area contributed by atoms with Gasteiger partial charge < -0.3 is 13.1 Å². The molecule has 0 fully saturated rings. The van der Waals surface area contributed by atoms with E-state index in [4.69, 9.17) is 10.2 Å². The van der Waals surface area contributed by atoms with E-state index in [1.807, 2.05) is 0 Å². The first-order chi connectivity index (χ1) is 3.25. The molecule has 0 aliphatic carbocycles. The molecule has 0 atom stereocenters.